The van der Waals surface area contributed by atoms with E-state index in [9.17, 15) is 4.79 Å². The van der Waals surface area contributed by atoms with Crippen molar-refractivity contribution in [3.05, 3.63) is 35.9 Å². The molecular weight excluding hydrogens is 276 g/mol. The fourth-order valence-corrected chi connectivity index (χ4v) is 3.12. The van der Waals surface area contributed by atoms with Crippen molar-refractivity contribution in [2.24, 2.45) is 0 Å². The van der Waals surface area contributed by atoms with Gasteiger partial charge < -0.3 is 10.1 Å². The molecule has 1 aliphatic carbocycles. The summed E-state index contributed by atoms with van der Waals surface area (Å²) in [6.07, 6.45) is 5.62. The van der Waals surface area contributed by atoms with Crippen molar-refractivity contribution in [1.29, 1.82) is 0 Å². The average Bonchev–Trinajstić information content (AvgIpc) is 3.00. The normalized spacial score (nSPS) is 16.9. The van der Waals surface area contributed by atoms with E-state index in [0.29, 0.717) is 19.2 Å². The van der Waals surface area contributed by atoms with Crippen molar-refractivity contribution in [3.63, 3.8) is 0 Å². The van der Waals surface area contributed by atoms with Crippen LogP contribution in [0.2, 0.25) is 0 Å². The molecule has 0 spiro atoms. The van der Waals surface area contributed by atoms with E-state index >= 15 is 0 Å². The molecule has 1 N–H and O–H groups in total. The van der Waals surface area contributed by atoms with Crippen LogP contribution in [0, 0.1) is 0 Å². The predicted molar refractivity (Wildman–Crippen MR) is 88.8 cm³/mol. The summed E-state index contributed by atoms with van der Waals surface area (Å²) < 4.78 is 5.34. The van der Waals surface area contributed by atoms with Crippen LogP contribution in [-0.4, -0.2) is 50.2 Å². The van der Waals surface area contributed by atoms with Gasteiger partial charge in [0.25, 0.3) is 0 Å². The molecule has 1 aromatic rings. The molecule has 4 nitrogen and oxygen atoms in total. The monoisotopic (exact) mass is 304 g/mol. The van der Waals surface area contributed by atoms with E-state index in [1.165, 1.54) is 18.4 Å². The molecule has 2 rings (SSSR count). The van der Waals surface area contributed by atoms with E-state index in [1.807, 2.05) is 25.2 Å². The third kappa shape index (κ3) is 5.43. The van der Waals surface area contributed by atoms with Gasteiger partial charge in [-0.3, -0.25) is 9.69 Å². The number of likely N-dealkylation sites (N-methyl/N-ethyl adjacent to an activating group) is 1. The lowest BCUT2D eigenvalue weighted by Crippen LogP contribution is -2.45. The number of carbonyl (C=O) groups is 1. The van der Waals surface area contributed by atoms with Crippen molar-refractivity contribution in [1.82, 2.24) is 10.2 Å². The first-order chi connectivity index (χ1) is 10.7. The highest BCUT2D eigenvalue weighted by molar-refractivity contribution is 5.78. The Bertz CT molecular complexity index is 444. The van der Waals surface area contributed by atoms with Gasteiger partial charge in [0.05, 0.1) is 13.2 Å². The Kier molecular flexibility index (Phi) is 6.87. The van der Waals surface area contributed by atoms with Crippen molar-refractivity contribution >= 4 is 5.91 Å². The smallest absolute Gasteiger partial charge is 0.234 e. The van der Waals surface area contributed by atoms with E-state index in [1.54, 1.807) is 7.11 Å². The van der Waals surface area contributed by atoms with Crippen LogP contribution in [0.3, 0.4) is 0 Å². The molecule has 0 bridgehead atoms. The average molecular weight is 304 g/mol. The number of ether oxygens (including phenoxy) is 1. The van der Waals surface area contributed by atoms with Gasteiger partial charge in [0, 0.05) is 19.2 Å². The SMILES string of the molecule is COCC(Cc1ccccc1)N(C)CC(=O)NC1CCCC1. The van der Waals surface area contributed by atoms with Crippen molar-refractivity contribution in [2.75, 3.05) is 27.3 Å². The van der Waals surface area contributed by atoms with Gasteiger partial charge in [-0.15, -0.1) is 0 Å². The van der Waals surface area contributed by atoms with Crippen molar-refractivity contribution in [3.8, 4) is 0 Å². The van der Waals surface area contributed by atoms with Crippen LogP contribution in [0.5, 0.6) is 0 Å². The Hall–Kier alpha value is -1.39. The fraction of sp³-hybridized carbons (Fsp3) is 0.611. The number of amides is 1. The van der Waals surface area contributed by atoms with E-state index < -0.39 is 0 Å². The van der Waals surface area contributed by atoms with Crippen LogP contribution in [0.15, 0.2) is 30.3 Å². The molecule has 0 aliphatic heterocycles. The lowest BCUT2D eigenvalue weighted by molar-refractivity contribution is -0.123. The quantitative estimate of drug-likeness (QED) is 0.801. The topological polar surface area (TPSA) is 41.6 Å². The van der Waals surface area contributed by atoms with E-state index in [4.69, 9.17) is 4.74 Å². The van der Waals surface area contributed by atoms with Crippen LogP contribution >= 0.6 is 0 Å². The van der Waals surface area contributed by atoms with Crippen LogP contribution in [-0.2, 0) is 16.0 Å². The molecule has 0 radical (unpaired) electrons. The zero-order chi connectivity index (χ0) is 15.8. The molecule has 1 saturated carbocycles. The van der Waals surface area contributed by atoms with Crippen LogP contribution in [0.4, 0.5) is 0 Å². The van der Waals surface area contributed by atoms with Crippen LogP contribution in [0.25, 0.3) is 0 Å². The molecule has 0 heterocycles. The largest absolute Gasteiger partial charge is 0.383 e. The highest BCUT2D eigenvalue weighted by Gasteiger charge is 2.21. The molecule has 0 aromatic heterocycles. The molecule has 4 heteroatoms. The summed E-state index contributed by atoms with van der Waals surface area (Å²) in [5.74, 6) is 0.128. The Labute approximate surface area is 133 Å². The minimum absolute atomic E-state index is 0.128. The zero-order valence-corrected chi connectivity index (χ0v) is 13.8. The predicted octanol–water partition coefficient (Wildman–Crippen LogP) is 2.23. The van der Waals surface area contributed by atoms with Gasteiger partial charge >= 0.3 is 0 Å². The summed E-state index contributed by atoms with van der Waals surface area (Å²) in [6, 6.07) is 11.0. The molecular formula is C18H28N2O2. The summed E-state index contributed by atoms with van der Waals surface area (Å²) in [6.45, 7) is 1.06. The molecule has 1 fully saturated rings. The maximum atomic E-state index is 12.2. The number of benzene rings is 1. The minimum Gasteiger partial charge on any atom is -0.383 e. The third-order valence-electron chi connectivity index (χ3n) is 4.41. The van der Waals surface area contributed by atoms with Gasteiger partial charge in [0.1, 0.15) is 0 Å². The standard InChI is InChI=1S/C18H28N2O2/c1-20(13-18(21)19-16-10-6-7-11-16)17(14-22-2)12-15-8-4-3-5-9-15/h3-5,8-9,16-17H,6-7,10-14H2,1-2H3,(H,19,21). The van der Waals surface area contributed by atoms with Gasteiger partial charge in [0.15, 0.2) is 0 Å². The summed E-state index contributed by atoms with van der Waals surface area (Å²) in [4.78, 5) is 14.3. The Balaban J connectivity index is 1.85. The molecule has 1 aliphatic rings. The highest BCUT2D eigenvalue weighted by atomic mass is 16.5. The molecule has 1 amide bonds. The van der Waals surface area contributed by atoms with E-state index in [-0.39, 0.29) is 11.9 Å². The van der Waals surface area contributed by atoms with Crippen molar-refractivity contribution in [2.45, 2.75) is 44.2 Å². The Morgan fingerprint density at radius 3 is 2.64 bits per heavy atom. The summed E-state index contributed by atoms with van der Waals surface area (Å²) in [7, 11) is 3.71. The van der Waals surface area contributed by atoms with Crippen LogP contribution < -0.4 is 5.32 Å². The molecule has 1 atom stereocenters. The second-order valence-electron chi connectivity index (χ2n) is 6.26. The Morgan fingerprint density at radius 1 is 1.32 bits per heavy atom. The first-order valence-electron chi connectivity index (χ1n) is 8.21. The summed E-state index contributed by atoms with van der Waals surface area (Å²) >= 11 is 0. The lowest BCUT2D eigenvalue weighted by atomic mass is 10.1. The summed E-state index contributed by atoms with van der Waals surface area (Å²) in [5.41, 5.74) is 1.27. The second-order valence-corrected chi connectivity index (χ2v) is 6.26. The maximum Gasteiger partial charge on any atom is 0.234 e. The van der Waals surface area contributed by atoms with Crippen molar-refractivity contribution < 1.29 is 9.53 Å². The fourth-order valence-electron chi connectivity index (χ4n) is 3.12. The number of methoxy groups -OCH3 is 1. The molecule has 1 unspecified atom stereocenters. The molecule has 0 saturated heterocycles. The number of hydrogen-bond acceptors (Lipinski definition) is 3. The number of hydrogen-bond donors (Lipinski definition) is 1. The number of carbonyl (C=O) groups excluding carboxylic acids is 1. The lowest BCUT2D eigenvalue weighted by Gasteiger charge is -2.27. The third-order valence-corrected chi connectivity index (χ3v) is 4.41. The number of nitrogens with one attached hydrogen (secondary N) is 1. The van der Waals surface area contributed by atoms with Gasteiger partial charge in [0.2, 0.25) is 5.91 Å². The minimum atomic E-state index is 0.128. The van der Waals surface area contributed by atoms with Crippen LogP contribution in [0.1, 0.15) is 31.2 Å². The highest BCUT2D eigenvalue weighted by Crippen LogP contribution is 2.17. The van der Waals surface area contributed by atoms with Gasteiger partial charge in [-0.2, -0.15) is 0 Å². The molecule has 1 aromatic carbocycles. The molecule has 22 heavy (non-hydrogen) atoms. The van der Waals surface area contributed by atoms with E-state index in [0.717, 1.165) is 19.3 Å². The number of rotatable bonds is 8. The Morgan fingerprint density at radius 2 is 2.00 bits per heavy atom. The molecule has 122 valence electrons. The summed E-state index contributed by atoms with van der Waals surface area (Å²) in [5, 5.41) is 3.15. The number of nitrogens with zero attached hydrogens (tertiary/aromatic N) is 1. The van der Waals surface area contributed by atoms with Gasteiger partial charge in [-0.25, -0.2) is 0 Å². The van der Waals surface area contributed by atoms with Gasteiger partial charge in [-0.1, -0.05) is 43.2 Å². The first kappa shape index (κ1) is 17.0. The maximum absolute atomic E-state index is 12.2. The first-order valence-corrected chi connectivity index (χ1v) is 8.21. The second kappa shape index (κ2) is 8.91. The zero-order valence-electron chi connectivity index (χ0n) is 13.8. The van der Waals surface area contributed by atoms with E-state index in [2.05, 4.69) is 22.3 Å². The van der Waals surface area contributed by atoms with Gasteiger partial charge in [-0.05, 0) is 31.9 Å².